The fraction of sp³-hybridized carbons (Fsp3) is 0.462. The second kappa shape index (κ2) is 6.25. The highest BCUT2D eigenvalue weighted by Crippen LogP contribution is 2.24. The molecule has 1 rings (SSSR count). The molecular weight excluding hydrogens is 220 g/mol. The van der Waals surface area contributed by atoms with Crippen LogP contribution in [-0.4, -0.2) is 32.7 Å². The summed E-state index contributed by atoms with van der Waals surface area (Å²) in [7, 11) is 3.09. The van der Waals surface area contributed by atoms with Gasteiger partial charge < -0.3 is 14.2 Å². The molecule has 0 aliphatic heterocycles. The molecule has 0 aromatic heterocycles. The van der Waals surface area contributed by atoms with Crippen LogP contribution >= 0.6 is 0 Å². The van der Waals surface area contributed by atoms with E-state index in [0.717, 1.165) is 0 Å². The standard InChI is InChI=1S/C13H18O4/c1-9(2)17-8-12(14)11-6-5-10(15-3)7-13(11)16-4/h5-7,9H,8H2,1-4H3. The SMILES string of the molecule is COc1ccc(C(=O)COC(C)C)c(OC)c1. The largest absolute Gasteiger partial charge is 0.497 e. The smallest absolute Gasteiger partial charge is 0.192 e. The van der Waals surface area contributed by atoms with Crippen molar-refractivity contribution in [1.29, 1.82) is 0 Å². The monoisotopic (exact) mass is 238 g/mol. The minimum absolute atomic E-state index is 0.0307. The van der Waals surface area contributed by atoms with Crippen molar-refractivity contribution in [2.24, 2.45) is 0 Å². The molecule has 0 radical (unpaired) electrons. The van der Waals surface area contributed by atoms with Gasteiger partial charge in [0.25, 0.3) is 0 Å². The van der Waals surface area contributed by atoms with Gasteiger partial charge in [-0.1, -0.05) is 0 Å². The van der Waals surface area contributed by atoms with Gasteiger partial charge in [-0.15, -0.1) is 0 Å². The summed E-state index contributed by atoms with van der Waals surface area (Å²) in [5.74, 6) is 1.06. The Morgan fingerprint density at radius 1 is 1.24 bits per heavy atom. The summed E-state index contributed by atoms with van der Waals surface area (Å²) in [5, 5.41) is 0. The molecule has 0 aliphatic rings. The highest BCUT2D eigenvalue weighted by atomic mass is 16.5. The van der Waals surface area contributed by atoms with Crippen LogP contribution in [0, 0.1) is 0 Å². The Hall–Kier alpha value is -1.55. The Bertz CT molecular complexity index is 385. The highest BCUT2D eigenvalue weighted by molar-refractivity contribution is 5.99. The van der Waals surface area contributed by atoms with Crippen molar-refractivity contribution in [2.45, 2.75) is 20.0 Å². The lowest BCUT2D eigenvalue weighted by Gasteiger charge is -2.11. The van der Waals surface area contributed by atoms with Crippen molar-refractivity contribution in [3.63, 3.8) is 0 Å². The van der Waals surface area contributed by atoms with Gasteiger partial charge in [0, 0.05) is 6.07 Å². The van der Waals surface area contributed by atoms with Crippen molar-refractivity contribution in [3.8, 4) is 11.5 Å². The average Bonchev–Trinajstić information content (AvgIpc) is 2.34. The first-order valence-corrected chi connectivity index (χ1v) is 5.45. The molecule has 4 heteroatoms. The molecule has 0 spiro atoms. The van der Waals surface area contributed by atoms with Crippen LogP contribution in [0.3, 0.4) is 0 Å². The molecule has 0 amide bonds. The maximum atomic E-state index is 11.9. The van der Waals surface area contributed by atoms with Crippen molar-refractivity contribution in [2.75, 3.05) is 20.8 Å². The van der Waals surface area contributed by atoms with E-state index in [1.54, 1.807) is 25.3 Å². The Balaban J connectivity index is 2.85. The lowest BCUT2D eigenvalue weighted by Crippen LogP contribution is -2.14. The van der Waals surface area contributed by atoms with E-state index in [-0.39, 0.29) is 18.5 Å². The molecule has 0 N–H and O–H groups in total. The summed E-state index contributed by atoms with van der Waals surface area (Å²) < 4.78 is 15.5. The molecule has 0 heterocycles. The van der Waals surface area contributed by atoms with E-state index in [4.69, 9.17) is 14.2 Å². The van der Waals surface area contributed by atoms with Crippen LogP contribution in [0.15, 0.2) is 18.2 Å². The summed E-state index contributed by atoms with van der Waals surface area (Å²) in [6.07, 6.45) is 0.0307. The number of carbonyl (C=O) groups is 1. The Morgan fingerprint density at radius 3 is 2.47 bits per heavy atom. The van der Waals surface area contributed by atoms with Crippen molar-refractivity contribution >= 4 is 5.78 Å². The van der Waals surface area contributed by atoms with Crippen molar-refractivity contribution in [3.05, 3.63) is 23.8 Å². The molecule has 1 aromatic rings. The van der Waals surface area contributed by atoms with E-state index >= 15 is 0 Å². The highest BCUT2D eigenvalue weighted by Gasteiger charge is 2.13. The van der Waals surface area contributed by atoms with E-state index < -0.39 is 0 Å². The Morgan fingerprint density at radius 2 is 1.94 bits per heavy atom. The Labute approximate surface area is 101 Å². The van der Waals surface area contributed by atoms with Crippen LogP contribution in [0.4, 0.5) is 0 Å². The third-order valence-corrected chi connectivity index (χ3v) is 2.26. The van der Waals surface area contributed by atoms with Gasteiger partial charge in [-0.25, -0.2) is 0 Å². The fourth-order valence-electron chi connectivity index (χ4n) is 1.35. The lowest BCUT2D eigenvalue weighted by atomic mass is 10.1. The average molecular weight is 238 g/mol. The third kappa shape index (κ3) is 3.75. The van der Waals surface area contributed by atoms with Crippen LogP contribution in [0.1, 0.15) is 24.2 Å². The van der Waals surface area contributed by atoms with Crippen LogP contribution in [0.2, 0.25) is 0 Å². The summed E-state index contributed by atoms with van der Waals surface area (Å²) >= 11 is 0. The molecule has 0 fully saturated rings. The molecule has 0 saturated heterocycles. The molecule has 0 saturated carbocycles. The number of methoxy groups -OCH3 is 2. The van der Waals surface area contributed by atoms with E-state index in [1.807, 2.05) is 13.8 Å². The van der Waals surface area contributed by atoms with E-state index in [1.165, 1.54) is 7.11 Å². The lowest BCUT2D eigenvalue weighted by molar-refractivity contribution is 0.0582. The molecule has 0 unspecified atom stereocenters. The molecule has 1 aromatic carbocycles. The van der Waals surface area contributed by atoms with Crippen molar-refractivity contribution in [1.82, 2.24) is 0 Å². The number of benzene rings is 1. The van der Waals surface area contributed by atoms with Crippen LogP contribution < -0.4 is 9.47 Å². The molecule has 17 heavy (non-hydrogen) atoms. The van der Waals surface area contributed by atoms with E-state index in [0.29, 0.717) is 17.1 Å². The zero-order chi connectivity index (χ0) is 12.8. The topological polar surface area (TPSA) is 44.8 Å². The fourth-order valence-corrected chi connectivity index (χ4v) is 1.35. The van der Waals surface area contributed by atoms with Gasteiger partial charge in [0.15, 0.2) is 5.78 Å². The minimum Gasteiger partial charge on any atom is -0.497 e. The van der Waals surface area contributed by atoms with Crippen LogP contribution in [-0.2, 0) is 4.74 Å². The molecular formula is C13H18O4. The number of hydrogen-bond acceptors (Lipinski definition) is 4. The van der Waals surface area contributed by atoms with Gasteiger partial charge in [-0.3, -0.25) is 4.79 Å². The van der Waals surface area contributed by atoms with Crippen molar-refractivity contribution < 1.29 is 19.0 Å². The zero-order valence-corrected chi connectivity index (χ0v) is 10.6. The third-order valence-electron chi connectivity index (χ3n) is 2.26. The Kier molecular flexibility index (Phi) is 4.97. The summed E-state index contributed by atoms with van der Waals surface area (Å²) in [5.41, 5.74) is 0.508. The number of Topliss-reactive ketones (excluding diaryl/α,β-unsaturated/α-hetero) is 1. The molecule has 0 bridgehead atoms. The number of ketones is 1. The molecule has 94 valence electrons. The summed E-state index contributed by atoms with van der Waals surface area (Å²) in [4.78, 5) is 11.9. The van der Waals surface area contributed by atoms with Gasteiger partial charge in [-0.05, 0) is 26.0 Å². The van der Waals surface area contributed by atoms with E-state index in [9.17, 15) is 4.79 Å². The molecule has 4 nitrogen and oxygen atoms in total. The normalized spacial score (nSPS) is 10.4. The van der Waals surface area contributed by atoms with Gasteiger partial charge >= 0.3 is 0 Å². The molecule has 0 aliphatic carbocycles. The maximum Gasteiger partial charge on any atom is 0.192 e. The zero-order valence-electron chi connectivity index (χ0n) is 10.6. The number of rotatable bonds is 6. The first-order chi connectivity index (χ1) is 8.08. The van der Waals surface area contributed by atoms with Crippen LogP contribution in [0.25, 0.3) is 0 Å². The predicted octanol–water partition coefficient (Wildman–Crippen LogP) is 2.31. The summed E-state index contributed by atoms with van der Waals surface area (Å²) in [6, 6.07) is 5.09. The second-order valence-corrected chi connectivity index (χ2v) is 3.85. The minimum atomic E-state index is -0.0989. The van der Waals surface area contributed by atoms with Gasteiger partial charge in [0.05, 0.1) is 25.9 Å². The number of hydrogen-bond donors (Lipinski definition) is 0. The first-order valence-electron chi connectivity index (χ1n) is 5.45. The number of ether oxygens (including phenoxy) is 3. The quantitative estimate of drug-likeness (QED) is 0.713. The van der Waals surface area contributed by atoms with Gasteiger partial charge in [0.1, 0.15) is 18.1 Å². The number of carbonyl (C=O) groups excluding carboxylic acids is 1. The first kappa shape index (κ1) is 13.5. The van der Waals surface area contributed by atoms with E-state index in [2.05, 4.69) is 0 Å². The molecule has 0 atom stereocenters. The predicted molar refractivity (Wildman–Crippen MR) is 65.0 cm³/mol. The maximum absolute atomic E-state index is 11.9. The summed E-state index contributed by atoms with van der Waals surface area (Å²) in [6.45, 7) is 3.83. The van der Waals surface area contributed by atoms with Crippen LogP contribution in [0.5, 0.6) is 11.5 Å². The van der Waals surface area contributed by atoms with Gasteiger partial charge in [0.2, 0.25) is 0 Å². The van der Waals surface area contributed by atoms with Gasteiger partial charge in [-0.2, -0.15) is 0 Å². The second-order valence-electron chi connectivity index (χ2n) is 3.85.